The molecule has 0 saturated carbocycles. The van der Waals surface area contributed by atoms with Gasteiger partial charge in [-0.15, -0.1) is 5.10 Å². The van der Waals surface area contributed by atoms with E-state index in [0.29, 0.717) is 17.2 Å². The van der Waals surface area contributed by atoms with Crippen molar-refractivity contribution in [1.29, 1.82) is 0 Å². The summed E-state index contributed by atoms with van der Waals surface area (Å²) in [4.78, 5) is 32.5. The molecule has 134 valence electrons. The number of amides is 2. The molecule has 0 unspecified atom stereocenters. The van der Waals surface area contributed by atoms with Crippen LogP contribution in [0.1, 0.15) is 26.9 Å². The van der Waals surface area contributed by atoms with Crippen molar-refractivity contribution in [1.82, 2.24) is 19.6 Å². The van der Waals surface area contributed by atoms with Gasteiger partial charge in [-0.05, 0) is 49.4 Å². The molecular formula is C18H14N6O3. The number of nitrogens with zero attached hydrogens (tertiary/aromatic N) is 4. The van der Waals surface area contributed by atoms with E-state index >= 15 is 0 Å². The van der Waals surface area contributed by atoms with Crippen LogP contribution in [-0.2, 0) is 0 Å². The standard InChI is InChI=1S/C18H14N6O3/c1-11-8-9-19-18-22-15(23-24(11)18)17(26)21-13-6-4-12(5-7-13)20-16(25)14-3-2-10-27-14/h2-10H,1H3,(H,20,25)(H,21,26). The van der Waals surface area contributed by atoms with E-state index in [1.165, 1.54) is 10.8 Å². The van der Waals surface area contributed by atoms with Crippen LogP contribution in [0, 0.1) is 6.92 Å². The van der Waals surface area contributed by atoms with E-state index in [1.54, 1.807) is 48.7 Å². The minimum atomic E-state index is -0.452. The molecule has 0 bridgehead atoms. The Balaban J connectivity index is 1.45. The zero-order valence-electron chi connectivity index (χ0n) is 14.2. The predicted octanol–water partition coefficient (Wildman–Crippen LogP) is 2.53. The van der Waals surface area contributed by atoms with Crippen molar-refractivity contribution in [3.05, 3.63) is 72.2 Å². The number of anilines is 2. The van der Waals surface area contributed by atoms with Gasteiger partial charge in [0.1, 0.15) is 0 Å². The highest BCUT2D eigenvalue weighted by molar-refractivity contribution is 6.03. The Morgan fingerprint density at radius 3 is 2.33 bits per heavy atom. The number of hydrogen-bond donors (Lipinski definition) is 2. The minimum absolute atomic E-state index is 0.0204. The van der Waals surface area contributed by atoms with Crippen molar-refractivity contribution in [2.75, 3.05) is 10.6 Å². The number of aromatic nitrogens is 4. The number of aryl methyl sites for hydroxylation is 1. The molecule has 0 aliphatic heterocycles. The highest BCUT2D eigenvalue weighted by atomic mass is 16.3. The van der Waals surface area contributed by atoms with Gasteiger partial charge in [-0.2, -0.15) is 4.98 Å². The number of fused-ring (bicyclic) bond motifs is 1. The average Bonchev–Trinajstić information content (AvgIpc) is 3.34. The fraction of sp³-hybridized carbons (Fsp3) is 0.0556. The van der Waals surface area contributed by atoms with Crippen LogP contribution in [0.2, 0.25) is 0 Å². The third-order valence-electron chi connectivity index (χ3n) is 3.78. The zero-order valence-corrected chi connectivity index (χ0v) is 14.2. The highest BCUT2D eigenvalue weighted by Crippen LogP contribution is 2.15. The second-order valence-electron chi connectivity index (χ2n) is 5.70. The molecule has 0 fully saturated rings. The third-order valence-corrected chi connectivity index (χ3v) is 3.78. The zero-order chi connectivity index (χ0) is 18.8. The normalized spacial score (nSPS) is 10.7. The van der Waals surface area contributed by atoms with Crippen LogP contribution >= 0.6 is 0 Å². The fourth-order valence-electron chi connectivity index (χ4n) is 2.43. The molecule has 9 heteroatoms. The topological polar surface area (TPSA) is 114 Å². The van der Waals surface area contributed by atoms with Gasteiger partial charge in [0.2, 0.25) is 5.82 Å². The Morgan fingerprint density at radius 2 is 1.70 bits per heavy atom. The van der Waals surface area contributed by atoms with Gasteiger partial charge in [-0.3, -0.25) is 9.59 Å². The first kappa shape index (κ1) is 16.5. The maximum Gasteiger partial charge on any atom is 0.295 e. The molecule has 0 spiro atoms. The summed E-state index contributed by atoms with van der Waals surface area (Å²) in [5.41, 5.74) is 1.93. The van der Waals surface area contributed by atoms with Gasteiger partial charge in [-0.1, -0.05) is 0 Å². The Morgan fingerprint density at radius 1 is 1.00 bits per heavy atom. The first-order valence-corrected chi connectivity index (χ1v) is 8.05. The largest absolute Gasteiger partial charge is 0.459 e. The van der Waals surface area contributed by atoms with Crippen LogP contribution in [0.15, 0.2) is 59.3 Å². The maximum absolute atomic E-state index is 12.4. The highest BCUT2D eigenvalue weighted by Gasteiger charge is 2.15. The second kappa shape index (κ2) is 6.71. The summed E-state index contributed by atoms with van der Waals surface area (Å²) < 4.78 is 6.54. The number of carbonyl (C=O) groups is 2. The number of furan rings is 1. The summed E-state index contributed by atoms with van der Waals surface area (Å²) in [5.74, 6) is -0.210. The molecule has 2 N–H and O–H groups in total. The Bertz CT molecular complexity index is 1120. The number of rotatable bonds is 4. The summed E-state index contributed by atoms with van der Waals surface area (Å²) in [6.45, 7) is 1.85. The van der Waals surface area contributed by atoms with Crippen molar-refractivity contribution in [3.8, 4) is 0 Å². The number of benzene rings is 1. The minimum Gasteiger partial charge on any atom is -0.459 e. The monoisotopic (exact) mass is 362 g/mol. The molecular weight excluding hydrogens is 348 g/mol. The summed E-state index contributed by atoms with van der Waals surface area (Å²) in [7, 11) is 0. The SMILES string of the molecule is Cc1ccnc2nc(C(=O)Nc3ccc(NC(=O)c4ccco4)cc3)nn12. The lowest BCUT2D eigenvalue weighted by Gasteiger charge is -2.06. The fourth-order valence-corrected chi connectivity index (χ4v) is 2.43. The molecule has 0 saturated heterocycles. The molecule has 0 aliphatic carbocycles. The first-order chi connectivity index (χ1) is 13.1. The van der Waals surface area contributed by atoms with Gasteiger partial charge in [-0.25, -0.2) is 9.50 Å². The number of carbonyl (C=O) groups excluding carboxylic acids is 2. The number of hydrogen-bond acceptors (Lipinski definition) is 6. The lowest BCUT2D eigenvalue weighted by Crippen LogP contribution is -2.14. The molecule has 4 rings (SSSR count). The van der Waals surface area contributed by atoms with Gasteiger partial charge < -0.3 is 15.1 Å². The summed E-state index contributed by atoms with van der Waals surface area (Å²) in [5, 5.41) is 9.57. The predicted molar refractivity (Wildman–Crippen MR) is 96.6 cm³/mol. The van der Waals surface area contributed by atoms with E-state index < -0.39 is 5.91 Å². The van der Waals surface area contributed by atoms with Crippen LogP contribution in [0.25, 0.3) is 5.78 Å². The van der Waals surface area contributed by atoms with Gasteiger partial charge >= 0.3 is 0 Å². The van der Waals surface area contributed by atoms with Crippen LogP contribution in [0.5, 0.6) is 0 Å². The molecule has 3 heterocycles. The Labute approximate surface area is 153 Å². The van der Waals surface area contributed by atoms with E-state index in [9.17, 15) is 9.59 Å². The molecule has 9 nitrogen and oxygen atoms in total. The summed E-state index contributed by atoms with van der Waals surface area (Å²) in [6.07, 6.45) is 3.04. The Kier molecular flexibility index (Phi) is 4.09. The summed E-state index contributed by atoms with van der Waals surface area (Å²) >= 11 is 0. The number of nitrogens with one attached hydrogen (secondary N) is 2. The van der Waals surface area contributed by atoms with Crippen molar-refractivity contribution in [2.45, 2.75) is 6.92 Å². The first-order valence-electron chi connectivity index (χ1n) is 8.05. The van der Waals surface area contributed by atoms with Crippen LogP contribution in [0.4, 0.5) is 11.4 Å². The van der Waals surface area contributed by atoms with Crippen molar-refractivity contribution in [2.24, 2.45) is 0 Å². The smallest absolute Gasteiger partial charge is 0.295 e. The van der Waals surface area contributed by atoms with Crippen molar-refractivity contribution in [3.63, 3.8) is 0 Å². The van der Waals surface area contributed by atoms with Gasteiger partial charge in [0.25, 0.3) is 17.6 Å². The van der Waals surface area contributed by atoms with Crippen molar-refractivity contribution < 1.29 is 14.0 Å². The molecule has 0 radical (unpaired) electrons. The molecule has 1 aromatic carbocycles. The third kappa shape index (κ3) is 3.38. The van der Waals surface area contributed by atoms with Gasteiger partial charge in [0.15, 0.2) is 5.76 Å². The van der Waals surface area contributed by atoms with Crippen molar-refractivity contribution >= 4 is 29.0 Å². The van der Waals surface area contributed by atoms with Crippen LogP contribution in [-0.4, -0.2) is 31.4 Å². The average molecular weight is 362 g/mol. The van der Waals surface area contributed by atoms with Crippen LogP contribution < -0.4 is 10.6 Å². The van der Waals surface area contributed by atoms with Gasteiger partial charge in [0, 0.05) is 23.3 Å². The van der Waals surface area contributed by atoms with E-state index in [0.717, 1.165) is 5.69 Å². The van der Waals surface area contributed by atoms with E-state index in [4.69, 9.17) is 4.42 Å². The maximum atomic E-state index is 12.4. The van der Waals surface area contributed by atoms with E-state index in [2.05, 4.69) is 25.7 Å². The Hall–Kier alpha value is -4.01. The molecule has 4 aromatic rings. The van der Waals surface area contributed by atoms with Crippen LogP contribution in [0.3, 0.4) is 0 Å². The molecule has 27 heavy (non-hydrogen) atoms. The van der Waals surface area contributed by atoms with E-state index in [1.807, 2.05) is 6.92 Å². The lowest BCUT2D eigenvalue weighted by molar-refractivity contribution is 0.0993. The summed E-state index contributed by atoms with van der Waals surface area (Å²) in [6, 6.07) is 11.6. The lowest BCUT2D eigenvalue weighted by atomic mass is 10.2. The van der Waals surface area contributed by atoms with E-state index in [-0.39, 0.29) is 17.5 Å². The molecule has 2 amide bonds. The molecule has 0 aliphatic rings. The molecule has 3 aromatic heterocycles. The van der Waals surface area contributed by atoms with Gasteiger partial charge in [0.05, 0.1) is 6.26 Å². The molecule has 0 atom stereocenters. The second-order valence-corrected chi connectivity index (χ2v) is 5.70. The quantitative estimate of drug-likeness (QED) is 0.576.